The van der Waals surface area contributed by atoms with Gasteiger partial charge in [0, 0.05) is 0 Å². The maximum atomic E-state index is 10.8. The molecule has 3 nitrogen and oxygen atoms in total. The van der Waals surface area contributed by atoms with Crippen molar-refractivity contribution in [2.75, 3.05) is 6.61 Å². The predicted octanol–water partition coefficient (Wildman–Crippen LogP) is 5.25. The summed E-state index contributed by atoms with van der Waals surface area (Å²) in [5.74, 6) is 1.85. The van der Waals surface area contributed by atoms with Crippen LogP contribution in [-0.4, -0.2) is 17.7 Å². The molecule has 0 heterocycles. The largest absolute Gasteiger partial charge is 0.493 e. The molecule has 0 bridgehead atoms. The summed E-state index contributed by atoms with van der Waals surface area (Å²) in [4.78, 5) is 10.8. The monoisotopic (exact) mass is 306 g/mol. The Morgan fingerprint density at radius 2 is 1.64 bits per heavy atom. The molecule has 3 heteroatoms. The van der Waals surface area contributed by atoms with Crippen molar-refractivity contribution in [3.8, 4) is 5.75 Å². The smallest absolute Gasteiger partial charge is 0.335 e. The molecule has 0 aliphatic heterocycles. The molecule has 1 aromatic carbocycles. The first kappa shape index (κ1) is 18.5. The Bertz CT molecular complexity index is 438. The molecule has 3 unspecified atom stereocenters. The van der Waals surface area contributed by atoms with E-state index in [-0.39, 0.29) is 0 Å². The fourth-order valence-corrected chi connectivity index (χ4v) is 3.08. The summed E-state index contributed by atoms with van der Waals surface area (Å²) >= 11 is 0. The van der Waals surface area contributed by atoms with E-state index in [0.717, 1.165) is 17.6 Å². The fraction of sp³-hybridized carbons (Fsp3) is 0.632. The second-order valence-corrected chi connectivity index (χ2v) is 6.72. The minimum absolute atomic E-state index is 0.291. The number of ether oxygens (including phenoxy) is 1. The van der Waals surface area contributed by atoms with Gasteiger partial charge in [-0.2, -0.15) is 0 Å². The maximum absolute atomic E-state index is 10.8. The lowest BCUT2D eigenvalue weighted by Crippen LogP contribution is -2.14. The van der Waals surface area contributed by atoms with Gasteiger partial charge in [-0.15, -0.1) is 0 Å². The van der Waals surface area contributed by atoms with Crippen LogP contribution in [0.4, 0.5) is 0 Å². The third-order valence-corrected chi connectivity index (χ3v) is 4.03. The Morgan fingerprint density at radius 1 is 1.05 bits per heavy atom. The molecule has 0 saturated heterocycles. The SMILES string of the molecule is CCCC(C)CC(C)CC(C)COc1ccc(C(=O)O)cc1. The van der Waals surface area contributed by atoms with Gasteiger partial charge in [-0.05, 0) is 54.9 Å². The second kappa shape index (κ2) is 9.50. The van der Waals surface area contributed by atoms with E-state index in [1.54, 1.807) is 24.3 Å². The molecule has 0 fully saturated rings. The van der Waals surface area contributed by atoms with E-state index in [4.69, 9.17) is 9.84 Å². The highest BCUT2D eigenvalue weighted by Crippen LogP contribution is 2.23. The van der Waals surface area contributed by atoms with Crippen molar-refractivity contribution < 1.29 is 14.6 Å². The number of carbonyl (C=O) groups is 1. The van der Waals surface area contributed by atoms with Gasteiger partial charge in [-0.3, -0.25) is 0 Å². The number of rotatable bonds is 10. The van der Waals surface area contributed by atoms with Crippen LogP contribution in [0.3, 0.4) is 0 Å². The number of carboxylic acid groups (broad SMARTS) is 1. The Morgan fingerprint density at radius 3 is 2.18 bits per heavy atom. The highest BCUT2D eigenvalue weighted by Gasteiger charge is 2.13. The summed E-state index contributed by atoms with van der Waals surface area (Å²) in [6.45, 7) is 9.80. The zero-order valence-corrected chi connectivity index (χ0v) is 14.3. The molecule has 0 amide bonds. The highest BCUT2D eigenvalue weighted by molar-refractivity contribution is 5.87. The first-order valence-electron chi connectivity index (χ1n) is 8.38. The normalized spacial score (nSPS) is 15.1. The maximum Gasteiger partial charge on any atom is 0.335 e. The third kappa shape index (κ3) is 6.97. The summed E-state index contributed by atoms with van der Waals surface area (Å²) in [5, 5.41) is 8.86. The van der Waals surface area contributed by atoms with Gasteiger partial charge >= 0.3 is 5.97 Å². The number of aromatic carboxylic acids is 1. The summed E-state index contributed by atoms with van der Waals surface area (Å²) in [5.41, 5.74) is 0.291. The van der Waals surface area contributed by atoms with Crippen LogP contribution >= 0.6 is 0 Å². The van der Waals surface area contributed by atoms with Gasteiger partial charge < -0.3 is 9.84 Å². The van der Waals surface area contributed by atoms with Gasteiger partial charge in [0.25, 0.3) is 0 Å². The van der Waals surface area contributed by atoms with Crippen molar-refractivity contribution in [2.24, 2.45) is 17.8 Å². The lowest BCUT2D eigenvalue weighted by molar-refractivity contribution is 0.0697. The molecule has 0 aromatic heterocycles. The summed E-state index contributed by atoms with van der Waals surface area (Å²) < 4.78 is 5.76. The van der Waals surface area contributed by atoms with Crippen molar-refractivity contribution in [2.45, 2.75) is 53.4 Å². The van der Waals surface area contributed by atoms with Crippen molar-refractivity contribution in [3.05, 3.63) is 29.8 Å². The molecule has 1 N–H and O–H groups in total. The molecule has 1 aromatic rings. The first-order chi connectivity index (χ1) is 10.4. The molecule has 1 rings (SSSR count). The van der Waals surface area contributed by atoms with Crippen LogP contribution in [-0.2, 0) is 0 Å². The lowest BCUT2D eigenvalue weighted by atomic mass is 9.88. The standard InChI is InChI=1S/C19H30O3/c1-5-6-14(2)11-15(3)12-16(4)13-22-18-9-7-17(8-10-18)19(20)21/h7-10,14-16H,5-6,11-13H2,1-4H3,(H,20,21). The van der Waals surface area contributed by atoms with Crippen molar-refractivity contribution in [1.82, 2.24) is 0 Å². The summed E-state index contributed by atoms with van der Waals surface area (Å²) in [7, 11) is 0. The van der Waals surface area contributed by atoms with Gasteiger partial charge in [-0.1, -0.05) is 40.5 Å². The zero-order chi connectivity index (χ0) is 16.5. The van der Waals surface area contributed by atoms with Crippen LogP contribution in [0.1, 0.15) is 63.7 Å². The van der Waals surface area contributed by atoms with E-state index in [0.29, 0.717) is 18.1 Å². The summed E-state index contributed by atoms with van der Waals surface area (Å²) in [6.07, 6.45) is 5.02. The second-order valence-electron chi connectivity index (χ2n) is 6.72. The minimum atomic E-state index is -0.907. The van der Waals surface area contributed by atoms with Crippen LogP contribution in [0.25, 0.3) is 0 Å². The Kier molecular flexibility index (Phi) is 8.00. The molecule has 0 aliphatic rings. The molecule has 3 atom stereocenters. The average Bonchev–Trinajstić information content (AvgIpc) is 2.45. The van der Waals surface area contributed by atoms with Crippen molar-refractivity contribution >= 4 is 5.97 Å². The van der Waals surface area contributed by atoms with Crippen molar-refractivity contribution in [3.63, 3.8) is 0 Å². The molecule has 22 heavy (non-hydrogen) atoms. The molecule has 0 spiro atoms. The van der Waals surface area contributed by atoms with E-state index >= 15 is 0 Å². The molecular formula is C19H30O3. The molecule has 0 aliphatic carbocycles. The van der Waals surface area contributed by atoms with Gasteiger partial charge in [0.1, 0.15) is 5.75 Å². The Balaban J connectivity index is 2.33. The van der Waals surface area contributed by atoms with Gasteiger partial charge in [-0.25, -0.2) is 4.79 Å². The van der Waals surface area contributed by atoms with E-state index in [1.807, 2.05) is 0 Å². The number of hydrogen-bond donors (Lipinski definition) is 1. The van der Waals surface area contributed by atoms with E-state index in [9.17, 15) is 4.79 Å². The van der Waals surface area contributed by atoms with Crippen LogP contribution in [0.5, 0.6) is 5.75 Å². The minimum Gasteiger partial charge on any atom is -0.493 e. The Labute approximate surface area is 134 Å². The molecular weight excluding hydrogens is 276 g/mol. The van der Waals surface area contributed by atoms with Crippen LogP contribution < -0.4 is 4.74 Å². The topological polar surface area (TPSA) is 46.5 Å². The number of hydrogen-bond acceptors (Lipinski definition) is 2. The van der Waals surface area contributed by atoms with E-state index < -0.39 is 5.97 Å². The highest BCUT2D eigenvalue weighted by atomic mass is 16.5. The number of carboxylic acids is 1. The quantitative estimate of drug-likeness (QED) is 0.642. The molecule has 124 valence electrons. The molecule has 0 radical (unpaired) electrons. The van der Waals surface area contributed by atoms with Crippen molar-refractivity contribution in [1.29, 1.82) is 0 Å². The van der Waals surface area contributed by atoms with E-state index in [1.165, 1.54) is 25.7 Å². The third-order valence-electron chi connectivity index (χ3n) is 4.03. The lowest BCUT2D eigenvalue weighted by Gasteiger charge is -2.20. The van der Waals surface area contributed by atoms with Gasteiger partial charge in [0.05, 0.1) is 12.2 Å². The zero-order valence-electron chi connectivity index (χ0n) is 14.3. The van der Waals surface area contributed by atoms with E-state index in [2.05, 4.69) is 27.7 Å². The summed E-state index contributed by atoms with van der Waals surface area (Å²) in [6, 6.07) is 6.61. The van der Waals surface area contributed by atoms with Crippen LogP contribution in [0.2, 0.25) is 0 Å². The van der Waals surface area contributed by atoms with Gasteiger partial charge in [0.15, 0.2) is 0 Å². The molecule has 0 saturated carbocycles. The van der Waals surface area contributed by atoms with Crippen LogP contribution in [0, 0.1) is 17.8 Å². The first-order valence-corrected chi connectivity index (χ1v) is 8.38. The van der Waals surface area contributed by atoms with Gasteiger partial charge in [0.2, 0.25) is 0 Å². The van der Waals surface area contributed by atoms with Crippen LogP contribution in [0.15, 0.2) is 24.3 Å². The fourth-order valence-electron chi connectivity index (χ4n) is 3.08. The average molecular weight is 306 g/mol. The Hall–Kier alpha value is -1.51. The predicted molar refractivity (Wildman–Crippen MR) is 90.5 cm³/mol. The number of benzene rings is 1.